The predicted molar refractivity (Wildman–Crippen MR) is 60.4 cm³/mol. The van der Waals surface area contributed by atoms with Crippen molar-refractivity contribution in [1.82, 2.24) is 4.98 Å². The van der Waals surface area contributed by atoms with Gasteiger partial charge in [0.25, 0.3) is 0 Å². The SMILES string of the molecule is Cc1cc2[nH]c(C(=O)OCC(C)C)cc2o1. The highest BCUT2D eigenvalue weighted by Crippen LogP contribution is 2.19. The van der Waals surface area contributed by atoms with Crippen LogP contribution < -0.4 is 0 Å². The monoisotopic (exact) mass is 221 g/mol. The highest BCUT2D eigenvalue weighted by Gasteiger charge is 2.13. The van der Waals surface area contributed by atoms with Crippen LogP contribution in [0.4, 0.5) is 0 Å². The molecule has 0 aliphatic carbocycles. The molecule has 0 aliphatic heterocycles. The number of aromatic nitrogens is 1. The fraction of sp³-hybridized carbons (Fsp3) is 0.417. The number of esters is 1. The van der Waals surface area contributed by atoms with Crippen molar-refractivity contribution < 1.29 is 13.9 Å². The van der Waals surface area contributed by atoms with Gasteiger partial charge in [-0.3, -0.25) is 0 Å². The van der Waals surface area contributed by atoms with Gasteiger partial charge in [0.15, 0.2) is 5.58 Å². The number of rotatable bonds is 3. The second-order valence-corrected chi connectivity index (χ2v) is 4.31. The molecule has 2 heterocycles. The first-order valence-corrected chi connectivity index (χ1v) is 5.32. The number of fused-ring (bicyclic) bond motifs is 1. The van der Waals surface area contributed by atoms with E-state index in [9.17, 15) is 4.79 Å². The molecule has 0 saturated heterocycles. The van der Waals surface area contributed by atoms with Crippen LogP contribution >= 0.6 is 0 Å². The van der Waals surface area contributed by atoms with Gasteiger partial charge in [0.2, 0.25) is 0 Å². The molecule has 2 aromatic rings. The van der Waals surface area contributed by atoms with Gasteiger partial charge in [-0.1, -0.05) is 13.8 Å². The van der Waals surface area contributed by atoms with Crippen LogP contribution in [0, 0.1) is 12.8 Å². The summed E-state index contributed by atoms with van der Waals surface area (Å²) in [6.07, 6.45) is 0. The average Bonchev–Trinajstić information content (AvgIpc) is 2.70. The first kappa shape index (κ1) is 10.8. The van der Waals surface area contributed by atoms with Crippen molar-refractivity contribution in [3.05, 3.63) is 23.6 Å². The number of H-pyrrole nitrogens is 1. The molecule has 16 heavy (non-hydrogen) atoms. The molecule has 0 fully saturated rings. The van der Waals surface area contributed by atoms with E-state index >= 15 is 0 Å². The van der Waals surface area contributed by atoms with Crippen molar-refractivity contribution in [2.45, 2.75) is 20.8 Å². The molecule has 2 aromatic heterocycles. The van der Waals surface area contributed by atoms with Gasteiger partial charge < -0.3 is 14.1 Å². The number of carbonyl (C=O) groups is 1. The summed E-state index contributed by atoms with van der Waals surface area (Å²) in [6.45, 7) is 6.29. The quantitative estimate of drug-likeness (QED) is 0.811. The van der Waals surface area contributed by atoms with Crippen LogP contribution in [0.15, 0.2) is 16.5 Å². The van der Waals surface area contributed by atoms with E-state index in [2.05, 4.69) is 4.98 Å². The van der Waals surface area contributed by atoms with Crippen molar-refractivity contribution in [3.8, 4) is 0 Å². The molecule has 0 radical (unpaired) electrons. The van der Waals surface area contributed by atoms with Crippen LogP contribution in [0.25, 0.3) is 11.1 Å². The molecule has 2 rings (SSSR count). The van der Waals surface area contributed by atoms with E-state index in [0.717, 1.165) is 11.3 Å². The number of aromatic amines is 1. The summed E-state index contributed by atoms with van der Waals surface area (Å²) in [6, 6.07) is 3.53. The first-order valence-electron chi connectivity index (χ1n) is 5.32. The van der Waals surface area contributed by atoms with Crippen molar-refractivity contribution >= 4 is 17.1 Å². The van der Waals surface area contributed by atoms with Crippen LogP contribution in [0.1, 0.15) is 30.1 Å². The lowest BCUT2D eigenvalue weighted by atomic mass is 10.2. The summed E-state index contributed by atoms with van der Waals surface area (Å²) in [5.41, 5.74) is 1.96. The Bertz CT molecular complexity index is 476. The summed E-state index contributed by atoms with van der Waals surface area (Å²) in [5.74, 6) is 0.824. The van der Waals surface area contributed by atoms with E-state index in [4.69, 9.17) is 9.15 Å². The van der Waals surface area contributed by atoms with E-state index in [1.165, 1.54) is 0 Å². The topological polar surface area (TPSA) is 55.2 Å². The maximum absolute atomic E-state index is 11.6. The lowest BCUT2D eigenvalue weighted by molar-refractivity contribution is 0.0453. The number of carbonyl (C=O) groups excluding carboxylic acids is 1. The Hall–Kier alpha value is -1.71. The van der Waals surface area contributed by atoms with E-state index in [1.807, 2.05) is 26.8 Å². The Labute approximate surface area is 93.6 Å². The van der Waals surface area contributed by atoms with E-state index < -0.39 is 0 Å². The zero-order valence-electron chi connectivity index (χ0n) is 9.66. The molecule has 0 amide bonds. The molecular weight excluding hydrogens is 206 g/mol. The third-order valence-corrected chi connectivity index (χ3v) is 2.20. The third-order valence-electron chi connectivity index (χ3n) is 2.20. The molecule has 86 valence electrons. The second-order valence-electron chi connectivity index (χ2n) is 4.31. The zero-order chi connectivity index (χ0) is 11.7. The highest BCUT2D eigenvalue weighted by molar-refractivity contribution is 5.93. The summed E-state index contributed by atoms with van der Waals surface area (Å²) in [7, 11) is 0. The lowest BCUT2D eigenvalue weighted by Crippen LogP contribution is -2.10. The van der Waals surface area contributed by atoms with E-state index in [0.29, 0.717) is 23.8 Å². The molecule has 0 atom stereocenters. The molecule has 4 nitrogen and oxygen atoms in total. The minimum Gasteiger partial charge on any atom is -0.461 e. The number of hydrogen-bond acceptors (Lipinski definition) is 3. The molecule has 4 heteroatoms. The highest BCUT2D eigenvalue weighted by atomic mass is 16.5. The van der Waals surface area contributed by atoms with Gasteiger partial charge in [0.05, 0.1) is 12.1 Å². The first-order chi connectivity index (χ1) is 7.56. The van der Waals surface area contributed by atoms with Gasteiger partial charge in [0, 0.05) is 12.1 Å². The lowest BCUT2D eigenvalue weighted by Gasteiger charge is -2.05. The normalized spacial score (nSPS) is 11.2. The van der Waals surface area contributed by atoms with Gasteiger partial charge in [-0.15, -0.1) is 0 Å². The smallest absolute Gasteiger partial charge is 0.354 e. The van der Waals surface area contributed by atoms with Crippen LogP contribution in [-0.4, -0.2) is 17.6 Å². The zero-order valence-corrected chi connectivity index (χ0v) is 9.66. The van der Waals surface area contributed by atoms with E-state index in [-0.39, 0.29) is 5.97 Å². The Kier molecular flexibility index (Phi) is 2.73. The molecule has 0 aliphatic rings. The average molecular weight is 221 g/mol. The summed E-state index contributed by atoms with van der Waals surface area (Å²) >= 11 is 0. The van der Waals surface area contributed by atoms with Gasteiger partial charge in [-0.2, -0.15) is 0 Å². The number of hydrogen-bond donors (Lipinski definition) is 1. The van der Waals surface area contributed by atoms with E-state index in [1.54, 1.807) is 6.07 Å². The predicted octanol–water partition coefficient (Wildman–Crippen LogP) is 2.88. The van der Waals surface area contributed by atoms with Crippen LogP contribution in [0.3, 0.4) is 0 Å². The third kappa shape index (κ3) is 2.10. The Morgan fingerprint density at radius 2 is 2.25 bits per heavy atom. The molecule has 0 aromatic carbocycles. The molecule has 0 bridgehead atoms. The second kappa shape index (κ2) is 4.04. The van der Waals surface area contributed by atoms with Crippen LogP contribution in [-0.2, 0) is 4.74 Å². The van der Waals surface area contributed by atoms with Crippen molar-refractivity contribution in [3.63, 3.8) is 0 Å². The maximum atomic E-state index is 11.6. The minimum atomic E-state index is -0.335. The summed E-state index contributed by atoms with van der Waals surface area (Å²) < 4.78 is 10.5. The number of ether oxygens (including phenoxy) is 1. The summed E-state index contributed by atoms with van der Waals surface area (Å²) in [4.78, 5) is 14.6. The largest absolute Gasteiger partial charge is 0.461 e. The Balaban J connectivity index is 2.14. The van der Waals surface area contributed by atoms with Gasteiger partial charge in [0.1, 0.15) is 11.5 Å². The molecule has 0 saturated carbocycles. The van der Waals surface area contributed by atoms with Gasteiger partial charge in [-0.25, -0.2) is 4.79 Å². The van der Waals surface area contributed by atoms with Crippen molar-refractivity contribution in [2.75, 3.05) is 6.61 Å². The standard InChI is InChI=1S/C12H15NO3/c1-7(2)6-15-12(14)10-5-11-9(13-10)4-8(3)16-11/h4-5,7,13H,6H2,1-3H3. The Morgan fingerprint density at radius 3 is 2.88 bits per heavy atom. The number of aryl methyl sites for hydroxylation is 1. The van der Waals surface area contributed by atoms with Crippen LogP contribution in [0.2, 0.25) is 0 Å². The number of nitrogens with one attached hydrogen (secondary N) is 1. The number of furan rings is 1. The van der Waals surface area contributed by atoms with Crippen LogP contribution in [0.5, 0.6) is 0 Å². The fourth-order valence-corrected chi connectivity index (χ4v) is 1.48. The van der Waals surface area contributed by atoms with Gasteiger partial charge in [-0.05, 0) is 12.8 Å². The van der Waals surface area contributed by atoms with Crippen molar-refractivity contribution in [1.29, 1.82) is 0 Å². The molecule has 1 N–H and O–H groups in total. The fourth-order valence-electron chi connectivity index (χ4n) is 1.48. The molecular formula is C12H15NO3. The van der Waals surface area contributed by atoms with Gasteiger partial charge >= 0.3 is 5.97 Å². The minimum absolute atomic E-state index is 0.335. The molecule has 0 unspecified atom stereocenters. The van der Waals surface area contributed by atoms with Crippen molar-refractivity contribution in [2.24, 2.45) is 5.92 Å². The maximum Gasteiger partial charge on any atom is 0.354 e. The summed E-state index contributed by atoms with van der Waals surface area (Å²) in [5, 5.41) is 0. The Morgan fingerprint density at radius 1 is 1.50 bits per heavy atom. The molecule has 0 spiro atoms.